The predicted octanol–water partition coefficient (Wildman–Crippen LogP) is 4.06. The number of aromatic amines is 1. The van der Waals surface area contributed by atoms with Crippen molar-refractivity contribution in [2.45, 2.75) is 13.3 Å². The van der Waals surface area contributed by atoms with Gasteiger partial charge in [0.2, 0.25) is 0 Å². The van der Waals surface area contributed by atoms with Gasteiger partial charge in [-0.3, -0.25) is 14.7 Å². The Hall–Kier alpha value is -4.52. The second-order valence-corrected chi connectivity index (χ2v) is 7.65. The lowest BCUT2D eigenvalue weighted by atomic mass is 10.0. The van der Waals surface area contributed by atoms with Crippen LogP contribution in [0.2, 0.25) is 0 Å². The van der Waals surface area contributed by atoms with Gasteiger partial charge in [0.15, 0.2) is 5.84 Å². The average Bonchev–Trinajstić information content (AvgIpc) is 3.37. The van der Waals surface area contributed by atoms with Gasteiger partial charge in [0.05, 0.1) is 29.1 Å². The maximum atomic E-state index is 13.5. The molecule has 0 saturated carbocycles. The second kappa shape index (κ2) is 8.55. The Morgan fingerprint density at radius 1 is 0.848 bits per heavy atom. The van der Waals surface area contributed by atoms with Crippen LogP contribution in [-0.4, -0.2) is 27.2 Å². The molecule has 1 N–H and O–H groups in total. The van der Waals surface area contributed by atoms with Gasteiger partial charge in [-0.05, 0) is 31.2 Å². The molecule has 0 bridgehead atoms. The molecule has 0 spiro atoms. The number of aliphatic imine (C=N–C) groups is 1. The number of nitrogens with one attached hydrogen (secondary N) is 1. The van der Waals surface area contributed by atoms with E-state index in [2.05, 4.69) is 10.2 Å². The summed E-state index contributed by atoms with van der Waals surface area (Å²) in [5.74, 6) is 0.189. The Kier molecular flexibility index (Phi) is 5.28. The highest BCUT2D eigenvalue weighted by atomic mass is 16.2. The van der Waals surface area contributed by atoms with Crippen LogP contribution >= 0.6 is 0 Å². The molecule has 1 amide bonds. The van der Waals surface area contributed by atoms with Gasteiger partial charge in [-0.1, -0.05) is 66.7 Å². The van der Waals surface area contributed by atoms with Crippen LogP contribution in [-0.2, 0) is 4.79 Å². The Balaban J connectivity index is 1.64. The number of para-hydroxylation sites is 2. The molecule has 0 fully saturated rings. The number of carbonyl (C=O) groups is 1. The third-order valence-corrected chi connectivity index (χ3v) is 5.37. The first-order valence-electron chi connectivity index (χ1n) is 10.6. The zero-order chi connectivity index (χ0) is 22.8. The van der Waals surface area contributed by atoms with Crippen LogP contribution in [0.3, 0.4) is 0 Å². The molecule has 0 aliphatic carbocycles. The fraction of sp³-hybridized carbons (Fsp3) is 0.0769. The fourth-order valence-electron chi connectivity index (χ4n) is 3.82. The van der Waals surface area contributed by atoms with Crippen molar-refractivity contribution in [3.8, 4) is 5.69 Å². The van der Waals surface area contributed by atoms with Crippen LogP contribution in [0.5, 0.6) is 0 Å². The minimum Gasteiger partial charge on any atom is -0.295 e. The zero-order valence-corrected chi connectivity index (χ0v) is 18.0. The van der Waals surface area contributed by atoms with Crippen molar-refractivity contribution in [2.75, 3.05) is 5.01 Å². The number of hydrogen-bond acceptors (Lipinski definition) is 4. The van der Waals surface area contributed by atoms with Crippen molar-refractivity contribution in [3.63, 3.8) is 0 Å². The van der Waals surface area contributed by atoms with E-state index in [0.29, 0.717) is 28.5 Å². The molecule has 0 saturated heterocycles. The van der Waals surface area contributed by atoms with E-state index < -0.39 is 0 Å². The summed E-state index contributed by atoms with van der Waals surface area (Å²) >= 11 is 0. The summed E-state index contributed by atoms with van der Waals surface area (Å²) in [5, 5.41) is 8.96. The topological polar surface area (TPSA) is 82.8 Å². The lowest BCUT2D eigenvalue weighted by molar-refractivity contribution is -0.116. The van der Waals surface area contributed by atoms with E-state index >= 15 is 0 Å². The normalized spacial score (nSPS) is 14.0. The van der Waals surface area contributed by atoms with Crippen LogP contribution < -0.4 is 10.6 Å². The minimum absolute atomic E-state index is 0.0571. The summed E-state index contributed by atoms with van der Waals surface area (Å²) in [7, 11) is 0. The molecule has 7 heteroatoms. The average molecular weight is 435 g/mol. The van der Waals surface area contributed by atoms with Crippen LogP contribution in [0, 0.1) is 6.92 Å². The van der Waals surface area contributed by atoms with Gasteiger partial charge in [0.25, 0.3) is 11.5 Å². The van der Waals surface area contributed by atoms with Crippen LogP contribution in [0.15, 0.2) is 106 Å². The van der Waals surface area contributed by atoms with Crippen molar-refractivity contribution in [1.29, 1.82) is 0 Å². The molecule has 4 aromatic rings. The number of carbonyl (C=O) groups excluding carboxylic acids is 1. The SMILES string of the molecule is Cc1[nH]n(-c2ccccc2)c(=O)c1C(=NC1=NN(c2ccccc2)C(=O)C1)c1ccccc1. The van der Waals surface area contributed by atoms with Gasteiger partial charge in [-0.25, -0.2) is 9.67 Å². The first-order chi connectivity index (χ1) is 16.1. The maximum Gasteiger partial charge on any atom is 0.280 e. The first kappa shape index (κ1) is 20.4. The number of nitrogens with zero attached hydrogens (tertiary/aromatic N) is 4. The number of benzene rings is 3. The van der Waals surface area contributed by atoms with Crippen molar-refractivity contribution >= 4 is 23.1 Å². The zero-order valence-electron chi connectivity index (χ0n) is 18.0. The molecule has 1 aliphatic rings. The van der Waals surface area contributed by atoms with Crippen LogP contribution in [0.4, 0.5) is 5.69 Å². The smallest absolute Gasteiger partial charge is 0.280 e. The quantitative estimate of drug-likeness (QED) is 0.491. The van der Waals surface area contributed by atoms with E-state index in [-0.39, 0.29) is 17.9 Å². The summed E-state index contributed by atoms with van der Waals surface area (Å²) in [6, 6.07) is 28.1. The Morgan fingerprint density at radius 2 is 1.42 bits per heavy atom. The number of amides is 1. The van der Waals surface area contributed by atoms with E-state index in [9.17, 15) is 9.59 Å². The third kappa shape index (κ3) is 3.92. The van der Waals surface area contributed by atoms with E-state index in [4.69, 9.17) is 4.99 Å². The molecule has 0 unspecified atom stereocenters. The lowest BCUT2D eigenvalue weighted by Gasteiger charge is -2.10. The highest BCUT2D eigenvalue weighted by Crippen LogP contribution is 2.21. The summed E-state index contributed by atoms with van der Waals surface area (Å²) in [5.41, 5.74) is 3.56. The van der Waals surface area contributed by atoms with E-state index in [0.717, 1.165) is 11.3 Å². The Bertz CT molecular complexity index is 1420. The fourth-order valence-corrected chi connectivity index (χ4v) is 3.82. The molecule has 3 aromatic carbocycles. The number of H-pyrrole nitrogens is 1. The van der Waals surface area contributed by atoms with Gasteiger partial charge in [-0.2, -0.15) is 5.01 Å². The number of anilines is 1. The van der Waals surface area contributed by atoms with Crippen molar-refractivity contribution in [2.24, 2.45) is 10.1 Å². The van der Waals surface area contributed by atoms with Gasteiger partial charge in [-0.15, -0.1) is 5.10 Å². The number of aromatic nitrogens is 2. The van der Waals surface area contributed by atoms with E-state index in [1.807, 2.05) is 97.9 Å². The van der Waals surface area contributed by atoms with Crippen molar-refractivity contribution in [1.82, 2.24) is 9.78 Å². The molecule has 5 rings (SSSR count). The molecule has 1 aliphatic heterocycles. The van der Waals surface area contributed by atoms with E-state index in [1.54, 1.807) is 0 Å². The van der Waals surface area contributed by atoms with Gasteiger partial charge >= 0.3 is 0 Å². The molecule has 0 radical (unpaired) electrons. The number of hydrogen-bond donors (Lipinski definition) is 1. The molecular weight excluding hydrogens is 414 g/mol. The van der Waals surface area contributed by atoms with Gasteiger partial charge in [0, 0.05) is 11.3 Å². The molecule has 0 atom stereocenters. The molecule has 162 valence electrons. The van der Waals surface area contributed by atoms with E-state index in [1.165, 1.54) is 9.69 Å². The van der Waals surface area contributed by atoms with Crippen molar-refractivity contribution < 1.29 is 4.79 Å². The Labute approximate surface area is 190 Å². The highest BCUT2D eigenvalue weighted by Gasteiger charge is 2.27. The number of rotatable bonds is 4. The molecular formula is C26H21N5O2. The molecule has 7 nitrogen and oxygen atoms in total. The predicted molar refractivity (Wildman–Crippen MR) is 129 cm³/mol. The van der Waals surface area contributed by atoms with Gasteiger partial charge < -0.3 is 0 Å². The first-order valence-corrected chi connectivity index (χ1v) is 10.6. The largest absolute Gasteiger partial charge is 0.295 e. The number of amidine groups is 1. The monoisotopic (exact) mass is 435 g/mol. The summed E-state index contributed by atoms with van der Waals surface area (Å²) < 4.78 is 1.50. The second-order valence-electron chi connectivity index (χ2n) is 7.65. The lowest BCUT2D eigenvalue weighted by Crippen LogP contribution is -2.22. The third-order valence-electron chi connectivity index (χ3n) is 5.37. The number of hydrazone groups is 1. The molecule has 33 heavy (non-hydrogen) atoms. The van der Waals surface area contributed by atoms with Crippen LogP contribution in [0.1, 0.15) is 23.2 Å². The van der Waals surface area contributed by atoms with Gasteiger partial charge in [0.1, 0.15) is 0 Å². The summed E-state index contributed by atoms with van der Waals surface area (Å²) in [6.45, 7) is 1.84. The molecule has 2 heterocycles. The number of aryl methyl sites for hydroxylation is 1. The van der Waals surface area contributed by atoms with Crippen LogP contribution in [0.25, 0.3) is 5.69 Å². The summed E-state index contributed by atoms with van der Waals surface area (Å²) in [6.07, 6.45) is 0.0571. The maximum absolute atomic E-state index is 13.5. The van der Waals surface area contributed by atoms with Crippen molar-refractivity contribution in [3.05, 3.63) is 118 Å². The minimum atomic E-state index is -0.217. The highest BCUT2D eigenvalue weighted by molar-refractivity contribution is 6.21. The molecule has 1 aromatic heterocycles. The standard InChI is InChI=1S/C26H21N5O2/c1-18-24(26(33)31(28-18)21-15-9-4-10-16-21)25(19-11-5-2-6-12-19)27-22-17-23(32)30(29-22)20-13-7-3-8-14-20/h2-16,28H,17H2,1H3. The Morgan fingerprint density at radius 3 is 2.06 bits per heavy atom. The summed E-state index contributed by atoms with van der Waals surface area (Å²) in [4.78, 5) is 30.8.